The molecule has 1 aliphatic carbocycles. The first-order valence-corrected chi connectivity index (χ1v) is 5.88. The molecule has 1 aromatic rings. The normalized spacial score (nSPS) is 26.3. The second-order valence-electron chi connectivity index (χ2n) is 4.97. The van der Waals surface area contributed by atoms with Crippen LogP contribution in [0.4, 0.5) is 5.69 Å². The Labute approximate surface area is 90.9 Å². The van der Waals surface area contributed by atoms with E-state index < -0.39 is 0 Å². The monoisotopic (exact) mass is 202 g/mol. The largest absolute Gasteiger partial charge is 0.399 e. The number of nitrogens with two attached hydrogens (primary N) is 1. The fourth-order valence-corrected chi connectivity index (χ4v) is 2.84. The van der Waals surface area contributed by atoms with Crippen LogP contribution in [0.2, 0.25) is 0 Å². The molecule has 0 saturated heterocycles. The molecule has 1 heterocycles. The number of hydrogen-bond acceptors (Lipinski definition) is 2. The third kappa shape index (κ3) is 1.28. The second kappa shape index (κ2) is 2.99. The predicted molar refractivity (Wildman–Crippen MR) is 62.8 cm³/mol. The van der Waals surface area contributed by atoms with Gasteiger partial charge in [-0.2, -0.15) is 0 Å². The Bertz CT molecular complexity index is 394. The average molecular weight is 202 g/mol. The van der Waals surface area contributed by atoms with Crippen molar-refractivity contribution in [2.75, 3.05) is 12.3 Å². The molecule has 2 heteroatoms. The highest BCUT2D eigenvalue weighted by molar-refractivity contribution is 5.51. The zero-order valence-electron chi connectivity index (χ0n) is 9.22. The predicted octanol–water partition coefficient (Wildman–Crippen LogP) is 2.35. The van der Waals surface area contributed by atoms with Gasteiger partial charge in [0, 0.05) is 23.7 Å². The third-order valence-corrected chi connectivity index (χ3v) is 3.97. The summed E-state index contributed by atoms with van der Waals surface area (Å²) in [5.41, 5.74) is 10.2. The third-order valence-electron chi connectivity index (χ3n) is 3.97. The highest BCUT2D eigenvalue weighted by Crippen LogP contribution is 2.52. The smallest absolute Gasteiger partial charge is 0.0321 e. The molecule has 3 N–H and O–H groups in total. The van der Waals surface area contributed by atoms with Gasteiger partial charge in [-0.3, -0.25) is 0 Å². The van der Waals surface area contributed by atoms with Gasteiger partial charge in [-0.1, -0.05) is 13.0 Å². The van der Waals surface area contributed by atoms with Gasteiger partial charge in [0.2, 0.25) is 0 Å². The Kier molecular flexibility index (Phi) is 1.84. The van der Waals surface area contributed by atoms with E-state index in [0.29, 0.717) is 11.5 Å². The minimum absolute atomic E-state index is 0.467. The van der Waals surface area contributed by atoms with Crippen LogP contribution in [0.15, 0.2) is 18.2 Å². The summed E-state index contributed by atoms with van der Waals surface area (Å²) in [5.74, 6) is 0. The lowest BCUT2D eigenvalue weighted by Crippen LogP contribution is -2.37. The van der Waals surface area contributed by atoms with Crippen LogP contribution in [0.1, 0.15) is 43.4 Å². The van der Waals surface area contributed by atoms with Crippen molar-refractivity contribution in [2.45, 2.75) is 37.6 Å². The minimum Gasteiger partial charge on any atom is -0.399 e. The Hall–Kier alpha value is -1.02. The molecular formula is C13H18N2. The molecule has 1 spiro atoms. The van der Waals surface area contributed by atoms with Crippen LogP contribution in [-0.2, 0) is 5.41 Å². The molecule has 15 heavy (non-hydrogen) atoms. The molecule has 0 radical (unpaired) electrons. The highest BCUT2D eigenvalue weighted by Gasteiger charge is 2.48. The first-order valence-electron chi connectivity index (χ1n) is 5.88. The Morgan fingerprint density at radius 3 is 2.93 bits per heavy atom. The Morgan fingerprint density at radius 2 is 2.27 bits per heavy atom. The van der Waals surface area contributed by atoms with Crippen molar-refractivity contribution in [3.05, 3.63) is 29.3 Å². The SMILES string of the molecule is CCC1NCC2(CC2)c2ccc(N)cc21. The van der Waals surface area contributed by atoms with Gasteiger partial charge < -0.3 is 11.1 Å². The average Bonchev–Trinajstić information content (AvgIpc) is 2.99. The summed E-state index contributed by atoms with van der Waals surface area (Å²) in [7, 11) is 0. The maximum atomic E-state index is 5.88. The van der Waals surface area contributed by atoms with Crippen LogP contribution >= 0.6 is 0 Å². The van der Waals surface area contributed by atoms with E-state index in [0.717, 1.165) is 18.7 Å². The summed E-state index contributed by atoms with van der Waals surface area (Å²) in [4.78, 5) is 0. The molecule has 1 unspecified atom stereocenters. The Morgan fingerprint density at radius 1 is 1.47 bits per heavy atom. The van der Waals surface area contributed by atoms with Crippen LogP contribution in [-0.4, -0.2) is 6.54 Å². The standard InChI is InChI=1S/C13H18N2/c1-2-12-10-7-9(14)3-4-11(10)13(5-6-13)8-15-12/h3-4,7,12,15H,2,5-6,8,14H2,1H3. The van der Waals surface area contributed by atoms with E-state index in [1.54, 1.807) is 5.56 Å². The van der Waals surface area contributed by atoms with Gasteiger partial charge in [0.1, 0.15) is 0 Å². The lowest BCUT2D eigenvalue weighted by atomic mass is 9.83. The van der Waals surface area contributed by atoms with Gasteiger partial charge in [-0.25, -0.2) is 0 Å². The summed E-state index contributed by atoms with van der Waals surface area (Å²) >= 11 is 0. The Balaban J connectivity index is 2.12. The summed E-state index contributed by atoms with van der Waals surface area (Å²) < 4.78 is 0. The number of anilines is 1. The molecule has 0 amide bonds. The van der Waals surface area contributed by atoms with E-state index in [9.17, 15) is 0 Å². The first-order chi connectivity index (χ1) is 7.25. The number of fused-ring (bicyclic) bond motifs is 2. The van der Waals surface area contributed by atoms with Gasteiger partial charge >= 0.3 is 0 Å². The van der Waals surface area contributed by atoms with Crippen LogP contribution in [0.25, 0.3) is 0 Å². The van der Waals surface area contributed by atoms with Gasteiger partial charge in [0.05, 0.1) is 0 Å². The molecule has 1 atom stereocenters. The molecule has 1 aromatic carbocycles. The van der Waals surface area contributed by atoms with Crippen molar-refractivity contribution in [1.82, 2.24) is 5.32 Å². The molecule has 0 aromatic heterocycles. The molecular weight excluding hydrogens is 184 g/mol. The van der Waals surface area contributed by atoms with Gasteiger partial charge in [-0.05, 0) is 42.5 Å². The zero-order valence-corrected chi connectivity index (χ0v) is 9.22. The van der Waals surface area contributed by atoms with Crippen LogP contribution in [0.5, 0.6) is 0 Å². The fourth-order valence-electron chi connectivity index (χ4n) is 2.84. The number of rotatable bonds is 1. The van der Waals surface area contributed by atoms with Gasteiger partial charge in [0.15, 0.2) is 0 Å². The van der Waals surface area contributed by atoms with Crippen LogP contribution in [0.3, 0.4) is 0 Å². The molecule has 80 valence electrons. The lowest BCUT2D eigenvalue weighted by Gasteiger charge is -2.32. The number of nitrogens with one attached hydrogen (secondary N) is 1. The number of benzene rings is 1. The number of nitrogen functional groups attached to an aromatic ring is 1. The molecule has 2 nitrogen and oxygen atoms in total. The van der Waals surface area contributed by atoms with E-state index in [4.69, 9.17) is 5.73 Å². The van der Waals surface area contributed by atoms with Crippen molar-refractivity contribution in [2.24, 2.45) is 0 Å². The lowest BCUT2D eigenvalue weighted by molar-refractivity contribution is 0.435. The first kappa shape index (κ1) is 9.22. The summed E-state index contributed by atoms with van der Waals surface area (Å²) in [6.45, 7) is 3.39. The topological polar surface area (TPSA) is 38.0 Å². The van der Waals surface area contributed by atoms with Crippen molar-refractivity contribution in [3.8, 4) is 0 Å². The van der Waals surface area contributed by atoms with Gasteiger partial charge in [0.25, 0.3) is 0 Å². The van der Waals surface area contributed by atoms with E-state index in [1.165, 1.54) is 18.4 Å². The second-order valence-corrected chi connectivity index (χ2v) is 4.97. The summed E-state index contributed by atoms with van der Waals surface area (Å²) in [5, 5.41) is 3.65. The van der Waals surface area contributed by atoms with Crippen molar-refractivity contribution in [3.63, 3.8) is 0 Å². The van der Waals surface area contributed by atoms with E-state index in [1.807, 2.05) is 0 Å². The zero-order chi connectivity index (χ0) is 10.5. The fraction of sp³-hybridized carbons (Fsp3) is 0.538. The van der Waals surface area contributed by atoms with E-state index in [-0.39, 0.29) is 0 Å². The molecule has 1 aliphatic heterocycles. The molecule has 0 bridgehead atoms. The molecule has 2 aliphatic rings. The molecule has 1 saturated carbocycles. The molecule has 1 fully saturated rings. The van der Waals surface area contributed by atoms with Crippen molar-refractivity contribution in [1.29, 1.82) is 0 Å². The van der Waals surface area contributed by atoms with E-state index in [2.05, 4.69) is 30.4 Å². The highest BCUT2D eigenvalue weighted by atomic mass is 15.0. The number of hydrogen-bond donors (Lipinski definition) is 2. The van der Waals surface area contributed by atoms with Crippen molar-refractivity contribution >= 4 is 5.69 Å². The minimum atomic E-state index is 0.467. The molecule has 3 rings (SSSR count). The quantitative estimate of drug-likeness (QED) is 0.686. The van der Waals surface area contributed by atoms with Crippen LogP contribution < -0.4 is 11.1 Å². The van der Waals surface area contributed by atoms with Crippen LogP contribution in [0, 0.1) is 0 Å². The van der Waals surface area contributed by atoms with E-state index >= 15 is 0 Å². The summed E-state index contributed by atoms with van der Waals surface area (Å²) in [6, 6.07) is 6.98. The van der Waals surface area contributed by atoms with Gasteiger partial charge in [-0.15, -0.1) is 0 Å². The maximum absolute atomic E-state index is 5.88. The summed E-state index contributed by atoms with van der Waals surface area (Å²) in [6.07, 6.45) is 3.83. The maximum Gasteiger partial charge on any atom is 0.0321 e. The van der Waals surface area contributed by atoms with Crippen molar-refractivity contribution < 1.29 is 0 Å².